The summed E-state index contributed by atoms with van der Waals surface area (Å²) in [7, 11) is 1.68. The first-order chi connectivity index (χ1) is 5.77. The zero-order valence-corrected chi connectivity index (χ0v) is 7.75. The molecule has 0 bridgehead atoms. The van der Waals surface area contributed by atoms with Crippen molar-refractivity contribution in [1.29, 1.82) is 0 Å². The molecule has 0 amide bonds. The molecule has 1 rings (SSSR count). The first-order valence-corrected chi connectivity index (χ1v) is 4.24. The van der Waals surface area contributed by atoms with E-state index in [0.29, 0.717) is 13.2 Å². The maximum atomic E-state index is 5.65. The Morgan fingerprint density at radius 3 is 2.75 bits per heavy atom. The van der Waals surface area contributed by atoms with Crippen LogP contribution < -0.4 is 0 Å². The molecule has 0 radical (unpaired) electrons. The number of rotatable bonds is 4. The molecule has 1 atom stereocenters. The number of hydrogen-bond acceptors (Lipinski definition) is 2. The second kappa shape index (κ2) is 4.43. The van der Waals surface area contributed by atoms with Crippen molar-refractivity contribution in [3.63, 3.8) is 0 Å². The fraction of sp³-hybridized carbons (Fsp3) is 0.600. The molecule has 0 aromatic carbocycles. The van der Waals surface area contributed by atoms with E-state index < -0.39 is 0 Å². The molecule has 12 heavy (non-hydrogen) atoms. The molecule has 2 heteroatoms. The van der Waals surface area contributed by atoms with E-state index in [1.807, 2.05) is 12.2 Å². The second-order valence-corrected chi connectivity index (χ2v) is 3.15. The van der Waals surface area contributed by atoms with Crippen LogP contribution >= 0.6 is 0 Å². The molecule has 0 saturated carbocycles. The van der Waals surface area contributed by atoms with Gasteiger partial charge in [0.1, 0.15) is 0 Å². The van der Waals surface area contributed by atoms with Gasteiger partial charge in [-0.3, -0.25) is 0 Å². The van der Waals surface area contributed by atoms with Gasteiger partial charge < -0.3 is 9.47 Å². The van der Waals surface area contributed by atoms with Gasteiger partial charge in [0.2, 0.25) is 0 Å². The summed E-state index contributed by atoms with van der Waals surface area (Å²) in [6.07, 6.45) is 9.22. The van der Waals surface area contributed by atoms with E-state index >= 15 is 0 Å². The molecule has 0 saturated heterocycles. The van der Waals surface area contributed by atoms with E-state index in [2.05, 4.69) is 19.1 Å². The van der Waals surface area contributed by atoms with Gasteiger partial charge in [-0.2, -0.15) is 0 Å². The van der Waals surface area contributed by atoms with Crippen LogP contribution in [0, 0.1) is 0 Å². The highest BCUT2D eigenvalue weighted by molar-refractivity contribution is 5.17. The number of hydrogen-bond donors (Lipinski definition) is 0. The van der Waals surface area contributed by atoms with E-state index in [0.717, 1.165) is 6.42 Å². The first kappa shape index (κ1) is 9.49. The van der Waals surface area contributed by atoms with Crippen molar-refractivity contribution in [3.05, 3.63) is 24.3 Å². The monoisotopic (exact) mass is 168 g/mol. The van der Waals surface area contributed by atoms with Gasteiger partial charge in [0, 0.05) is 7.11 Å². The lowest BCUT2D eigenvalue weighted by atomic mass is 9.98. The Morgan fingerprint density at radius 1 is 1.33 bits per heavy atom. The molecule has 0 spiro atoms. The summed E-state index contributed by atoms with van der Waals surface area (Å²) in [4.78, 5) is 0. The predicted octanol–water partition coefficient (Wildman–Crippen LogP) is 1.92. The molecular formula is C10H16O2. The molecule has 0 heterocycles. The Hall–Kier alpha value is -0.600. The van der Waals surface area contributed by atoms with Gasteiger partial charge in [-0.1, -0.05) is 24.3 Å². The zero-order valence-electron chi connectivity index (χ0n) is 7.75. The third-order valence-electron chi connectivity index (χ3n) is 1.94. The summed E-state index contributed by atoms with van der Waals surface area (Å²) >= 11 is 0. The first-order valence-electron chi connectivity index (χ1n) is 4.24. The molecule has 0 aromatic rings. The summed E-state index contributed by atoms with van der Waals surface area (Å²) in [6, 6.07) is 0. The lowest BCUT2D eigenvalue weighted by Gasteiger charge is -2.26. The van der Waals surface area contributed by atoms with Crippen molar-refractivity contribution in [2.24, 2.45) is 0 Å². The molecule has 68 valence electrons. The summed E-state index contributed by atoms with van der Waals surface area (Å²) in [5.41, 5.74) is -0.118. The van der Waals surface area contributed by atoms with Crippen LogP contribution in [0.3, 0.4) is 0 Å². The maximum absolute atomic E-state index is 5.65. The topological polar surface area (TPSA) is 18.5 Å². The van der Waals surface area contributed by atoms with Crippen LogP contribution in [0.1, 0.15) is 13.3 Å². The highest BCUT2D eigenvalue weighted by atomic mass is 16.5. The van der Waals surface area contributed by atoms with Crippen molar-refractivity contribution in [2.45, 2.75) is 18.9 Å². The molecule has 2 nitrogen and oxygen atoms in total. The van der Waals surface area contributed by atoms with Crippen LogP contribution in [0.4, 0.5) is 0 Å². The predicted molar refractivity (Wildman–Crippen MR) is 49.1 cm³/mol. The third-order valence-corrected chi connectivity index (χ3v) is 1.94. The molecule has 1 unspecified atom stereocenters. The van der Waals surface area contributed by atoms with E-state index in [1.54, 1.807) is 7.11 Å². The van der Waals surface area contributed by atoms with Gasteiger partial charge in [0.05, 0.1) is 18.8 Å². The van der Waals surface area contributed by atoms with Gasteiger partial charge >= 0.3 is 0 Å². The summed E-state index contributed by atoms with van der Waals surface area (Å²) in [5.74, 6) is 0. The van der Waals surface area contributed by atoms with Gasteiger partial charge in [-0.05, 0) is 13.3 Å². The number of allylic oxidation sites excluding steroid dienone is 2. The lowest BCUT2D eigenvalue weighted by Crippen LogP contribution is -2.28. The van der Waals surface area contributed by atoms with Crippen molar-refractivity contribution >= 4 is 0 Å². The van der Waals surface area contributed by atoms with Crippen LogP contribution in [-0.4, -0.2) is 25.9 Å². The number of ether oxygens (including phenoxy) is 2. The highest BCUT2D eigenvalue weighted by Gasteiger charge is 2.20. The maximum Gasteiger partial charge on any atom is 0.0872 e. The minimum absolute atomic E-state index is 0.118. The quantitative estimate of drug-likeness (QED) is 0.597. The largest absolute Gasteiger partial charge is 0.382 e. The molecule has 0 aromatic heterocycles. The van der Waals surface area contributed by atoms with Crippen molar-refractivity contribution < 1.29 is 9.47 Å². The standard InChI is InChI=1S/C10H16O2/c1-10(12-9-8-11-2)6-4-3-5-7-10/h3-6H,7-9H2,1-2H3. The van der Waals surface area contributed by atoms with Crippen molar-refractivity contribution in [3.8, 4) is 0 Å². The van der Waals surface area contributed by atoms with E-state index in [1.165, 1.54) is 0 Å². The normalized spacial score (nSPS) is 27.8. The third kappa shape index (κ3) is 2.80. The Kier molecular flexibility index (Phi) is 3.50. The summed E-state index contributed by atoms with van der Waals surface area (Å²) < 4.78 is 10.6. The average molecular weight is 168 g/mol. The molecule has 1 aliphatic carbocycles. The highest BCUT2D eigenvalue weighted by Crippen LogP contribution is 2.20. The SMILES string of the molecule is COCCOC1(C)C=CC=CC1. The molecule has 1 aliphatic rings. The zero-order chi connectivity index (χ0) is 8.86. The molecule has 0 aliphatic heterocycles. The Morgan fingerprint density at radius 2 is 2.17 bits per heavy atom. The lowest BCUT2D eigenvalue weighted by molar-refractivity contribution is -0.0190. The number of methoxy groups -OCH3 is 1. The fourth-order valence-electron chi connectivity index (χ4n) is 1.17. The van der Waals surface area contributed by atoms with E-state index in [-0.39, 0.29) is 5.60 Å². The fourth-order valence-corrected chi connectivity index (χ4v) is 1.17. The average Bonchev–Trinajstić information content (AvgIpc) is 2.06. The summed E-state index contributed by atoms with van der Waals surface area (Å²) in [6.45, 7) is 3.40. The Labute approximate surface area is 73.9 Å². The van der Waals surface area contributed by atoms with Crippen molar-refractivity contribution in [2.75, 3.05) is 20.3 Å². The van der Waals surface area contributed by atoms with E-state index in [9.17, 15) is 0 Å². The van der Waals surface area contributed by atoms with Crippen LogP contribution in [0.25, 0.3) is 0 Å². The molecular weight excluding hydrogens is 152 g/mol. The minimum atomic E-state index is -0.118. The van der Waals surface area contributed by atoms with Crippen LogP contribution in [0.15, 0.2) is 24.3 Å². The summed E-state index contributed by atoms with van der Waals surface area (Å²) in [5, 5.41) is 0. The Bertz CT molecular complexity index is 184. The second-order valence-electron chi connectivity index (χ2n) is 3.15. The van der Waals surface area contributed by atoms with Gasteiger partial charge in [0.25, 0.3) is 0 Å². The van der Waals surface area contributed by atoms with Crippen LogP contribution in [0.5, 0.6) is 0 Å². The van der Waals surface area contributed by atoms with Crippen LogP contribution in [0.2, 0.25) is 0 Å². The van der Waals surface area contributed by atoms with Crippen LogP contribution in [-0.2, 0) is 9.47 Å². The Balaban J connectivity index is 2.29. The van der Waals surface area contributed by atoms with E-state index in [4.69, 9.17) is 9.47 Å². The van der Waals surface area contributed by atoms with Gasteiger partial charge in [-0.25, -0.2) is 0 Å². The molecule has 0 N–H and O–H groups in total. The van der Waals surface area contributed by atoms with Gasteiger partial charge in [0.15, 0.2) is 0 Å². The smallest absolute Gasteiger partial charge is 0.0872 e. The van der Waals surface area contributed by atoms with Crippen molar-refractivity contribution in [1.82, 2.24) is 0 Å². The minimum Gasteiger partial charge on any atom is -0.382 e. The molecule has 0 fully saturated rings. The van der Waals surface area contributed by atoms with Gasteiger partial charge in [-0.15, -0.1) is 0 Å².